The molecule has 0 spiro atoms. The third-order valence-corrected chi connectivity index (χ3v) is 2.49. The summed E-state index contributed by atoms with van der Waals surface area (Å²) in [5, 5.41) is 8.80. The fraction of sp³-hybridized carbons (Fsp3) is 0.125. The molecule has 0 saturated heterocycles. The van der Waals surface area contributed by atoms with Crippen LogP contribution >= 0.6 is 11.3 Å². The van der Waals surface area contributed by atoms with Crippen LogP contribution in [0.25, 0.3) is 11.5 Å². The third kappa shape index (κ3) is 1.29. The van der Waals surface area contributed by atoms with Crippen molar-refractivity contribution in [3.8, 4) is 11.5 Å². The van der Waals surface area contributed by atoms with Crippen molar-refractivity contribution >= 4 is 17.3 Å². The van der Waals surface area contributed by atoms with E-state index >= 15 is 0 Å². The molecule has 1 N–H and O–H groups in total. The zero-order valence-electron chi connectivity index (χ0n) is 7.22. The first-order chi connectivity index (χ1) is 6.70. The molecule has 0 aliphatic rings. The fourth-order valence-electron chi connectivity index (χ4n) is 1.09. The van der Waals surface area contributed by atoms with Gasteiger partial charge in [-0.3, -0.25) is 0 Å². The van der Waals surface area contributed by atoms with E-state index in [1.165, 1.54) is 11.3 Å². The monoisotopic (exact) mass is 210 g/mol. The van der Waals surface area contributed by atoms with Crippen molar-refractivity contribution in [3.05, 3.63) is 22.5 Å². The van der Waals surface area contributed by atoms with E-state index in [2.05, 4.69) is 9.97 Å². The smallest absolute Gasteiger partial charge is 0.358 e. The molecule has 2 aromatic rings. The van der Waals surface area contributed by atoms with Gasteiger partial charge in [-0.05, 0) is 6.92 Å². The van der Waals surface area contributed by atoms with E-state index < -0.39 is 5.97 Å². The van der Waals surface area contributed by atoms with Crippen LogP contribution in [0.4, 0.5) is 0 Å². The number of nitrogens with zero attached hydrogens (tertiary/aromatic N) is 2. The largest absolute Gasteiger partial charge is 0.476 e. The lowest BCUT2D eigenvalue weighted by Gasteiger charge is -1.93. The quantitative estimate of drug-likeness (QED) is 0.817. The van der Waals surface area contributed by atoms with Gasteiger partial charge in [-0.15, -0.1) is 11.3 Å². The molecule has 0 unspecified atom stereocenters. The van der Waals surface area contributed by atoms with E-state index in [4.69, 9.17) is 9.52 Å². The van der Waals surface area contributed by atoms with Gasteiger partial charge in [0.05, 0.1) is 5.51 Å². The van der Waals surface area contributed by atoms with Crippen LogP contribution in [0, 0.1) is 6.92 Å². The molecule has 2 rings (SSSR count). The second kappa shape index (κ2) is 3.22. The Labute approximate surface area is 83.0 Å². The highest BCUT2D eigenvalue weighted by Gasteiger charge is 2.20. The summed E-state index contributed by atoms with van der Waals surface area (Å²) in [6.07, 6.45) is 1.11. The van der Waals surface area contributed by atoms with E-state index in [9.17, 15) is 4.79 Å². The molecule has 0 amide bonds. The number of carboxylic acid groups (broad SMARTS) is 1. The summed E-state index contributed by atoms with van der Waals surface area (Å²) >= 11 is 1.43. The number of aryl methyl sites for hydroxylation is 1. The molecule has 14 heavy (non-hydrogen) atoms. The predicted molar refractivity (Wildman–Crippen MR) is 49.3 cm³/mol. The van der Waals surface area contributed by atoms with Crippen LogP contribution in [0.3, 0.4) is 0 Å². The summed E-state index contributed by atoms with van der Waals surface area (Å²) in [5.74, 6) is -0.891. The van der Waals surface area contributed by atoms with E-state index in [-0.39, 0.29) is 11.5 Å². The minimum absolute atomic E-state index is 0.0981. The van der Waals surface area contributed by atoms with Crippen LogP contribution in [0.15, 0.2) is 16.3 Å². The van der Waals surface area contributed by atoms with Gasteiger partial charge < -0.3 is 9.52 Å². The number of aromatic nitrogens is 2. The maximum absolute atomic E-state index is 10.7. The molecule has 0 saturated carbocycles. The summed E-state index contributed by atoms with van der Waals surface area (Å²) < 4.78 is 5.00. The Morgan fingerprint density at radius 3 is 2.93 bits per heavy atom. The van der Waals surface area contributed by atoms with E-state index in [0.717, 1.165) is 11.3 Å². The number of oxazole rings is 1. The van der Waals surface area contributed by atoms with Crippen LogP contribution in [-0.4, -0.2) is 21.0 Å². The van der Waals surface area contributed by atoms with Gasteiger partial charge in [0.15, 0.2) is 17.8 Å². The van der Waals surface area contributed by atoms with Crippen molar-refractivity contribution in [1.29, 1.82) is 0 Å². The lowest BCUT2D eigenvalue weighted by molar-refractivity contribution is 0.0691. The van der Waals surface area contributed by atoms with Crippen LogP contribution in [0.5, 0.6) is 0 Å². The predicted octanol–water partition coefficient (Wildman–Crippen LogP) is 1.80. The topological polar surface area (TPSA) is 76.2 Å². The molecule has 5 nitrogen and oxygen atoms in total. The number of rotatable bonds is 2. The molecule has 0 aliphatic heterocycles. The SMILES string of the molecule is Cc1scnc1-c1ocnc1C(=O)O. The molecule has 0 aromatic carbocycles. The summed E-state index contributed by atoms with van der Waals surface area (Å²) in [6.45, 7) is 1.85. The molecule has 0 aliphatic carbocycles. The van der Waals surface area contributed by atoms with Crippen molar-refractivity contribution in [2.45, 2.75) is 6.92 Å². The molecular formula is C8H6N2O3S. The lowest BCUT2D eigenvalue weighted by atomic mass is 10.2. The third-order valence-electron chi connectivity index (χ3n) is 1.73. The number of hydrogen-bond donors (Lipinski definition) is 1. The summed E-state index contributed by atoms with van der Waals surface area (Å²) in [4.78, 5) is 19.3. The first-order valence-corrected chi connectivity index (χ1v) is 4.65. The number of thiazole rings is 1. The lowest BCUT2D eigenvalue weighted by Crippen LogP contribution is -1.98. The van der Waals surface area contributed by atoms with Gasteiger partial charge >= 0.3 is 5.97 Å². The van der Waals surface area contributed by atoms with Crippen molar-refractivity contribution in [1.82, 2.24) is 9.97 Å². The Hall–Kier alpha value is -1.69. The summed E-state index contributed by atoms with van der Waals surface area (Å²) in [5.41, 5.74) is 2.09. The maximum atomic E-state index is 10.7. The first-order valence-electron chi connectivity index (χ1n) is 3.77. The zero-order chi connectivity index (χ0) is 10.1. The number of carbonyl (C=O) groups is 1. The number of aromatic carboxylic acids is 1. The van der Waals surface area contributed by atoms with Crippen molar-refractivity contribution in [2.24, 2.45) is 0 Å². The Morgan fingerprint density at radius 1 is 1.57 bits per heavy atom. The second-order valence-electron chi connectivity index (χ2n) is 2.59. The number of carboxylic acids is 1. The van der Waals surface area contributed by atoms with E-state index in [1.807, 2.05) is 6.92 Å². The van der Waals surface area contributed by atoms with Gasteiger partial charge in [-0.1, -0.05) is 0 Å². The molecule has 0 fully saturated rings. The maximum Gasteiger partial charge on any atom is 0.358 e. The average molecular weight is 210 g/mol. The minimum atomic E-state index is -1.11. The molecule has 0 bridgehead atoms. The standard InChI is InChI=1S/C8H6N2O3S/c1-4-5(10-3-14-4)7-6(8(11)12)9-2-13-7/h2-3H,1H3,(H,11,12). The Balaban J connectivity index is 2.57. The van der Waals surface area contributed by atoms with Gasteiger partial charge in [0.1, 0.15) is 5.69 Å². The van der Waals surface area contributed by atoms with Crippen LogP contribution in [0.1, 0.15) is 15.4 Å². The average Bonchev–Trinajstić information content (AvgIpc) is 2.70. The molecule has 72 valence electrons. The van der Waals surface area contributed by atoms with Crippen molar-refractivity contribution in [3.63, 3.8) is 0 Å². The van der Waals surface area contributed by atoms with E-state index in [0.29, 0.717) is 5.69 Å². The normalized spacial score (nSPS) is 10.4. The Bertz CT molecular complexity index is 474. The molecule has 0 radical (unpaired) electrons. The molecule has 2 aromatic heterocycles. The van der Waals surface area contributed by atoms with Crippen LogP contribution in [-0.2, 0) is 0 Å². The van der Waals surface area contributed by atoms with Crippen molar-refractivity contribution in [2.75, 3.05) is 0 Å². The van der Waals surface area contributed by atoms with Crippen LogP contribution < -0.4 is 0 Å². The molecule has 0 atom stereocenters. The van der Waals surface area contributed by atoms with Crippen molar-refractivity contribution < 1.29 is 14.3 Å². The second-order valence-corrected chi connectivity index (χ2v) is 3.65. The van der Waals surface area contributed by atoms with Gasteiger partial charge in [-0.25, -0.2) is 14.8 Å². The summed E-state index contributed by atoms with van der Waals surface area (Å²) in [7, 11) is 0. The Kier molecular flexibility index (Phi) is 2.05. The highest BCUT2D eigenvalue weighted by molar-refractivity contribution is 7.10. The fourth-order valence-corrected chi connectivity index (χ4v) is 1.66. The molecule has 6 heteroatoms. The highest BCUT2D eigenvalue weighted by Crippen LogP contribution is 2.26. The zero-order valence-corrected chi connectivity index (χ0v) is 8.04. The van der Waals surface area contributed by atoms with Gasteiger partial charge in [-0.2, -0.15) is 0 Å². The van der Waals surface area contributed by atoms with Gasteiger partial charge in [0.2, 0.25) is 0 Å². The van der Waals surface area contributed by atoms with Crippen LogP contribution in [0.2, 0.25) is 0 Å². The molecule has 2 heterocycles. The molecular weight excluding hydrogens is 204 g/mol. The summed E-state index contributed by atoms with van der Waals surface area (Å²) in [6, 6.07) is 0. The number of hydrogen-bond acceptors (Lipinski definition) is 5. The first kappa shape index (κ1) is 8.89. The minimum Gasteiger partial charge on any atom is -0.476 e. The van der Waals surface area contributed by atoms with E-state index in [1.54, 1.807) is 5.51 Å². The van der Waals surface area contributed by atoms with Gasteiger partial charge in [0, 0.05) is 4.88 Å². The Morgan fingerprint density at radius 2 is 2.36 bits per heavy atom. The van der Waals surface area contributed by atoms with Gasteiger partial charge in [0.25, 0.3) is 0 Å². The highest BCUT2D eigenvalue weighted by atomic mass is 32.1.